The molecule has 1 rings (SSSR count). The van der Waals surface area contributed by atoms with E-state index in [1.807, 2.05) is 0 Å². The lowest BCUT2D eigenvalue weighted by molar-refractivity contribution is 0.354. The van der Waals surface area contributed by atoms with Crippen molar-refractivity contribution in [2.24, 2.45) is 5.11 Å². The minimum Gasteiger partial charge on any atom is -0.493 e. The lowest BCUT2D eigenvalue weighted by Crippen LogP contribution is -2.23. The van der Waals surface area contributed by atoms with Gasteiger partial charge in [-0.1, -0.05) is 21.0 Å². The van der Waals surface area contributed by atoms with E-state index >= 15 is 0 Å². The summed E-state index contributed by atoms with van der Waals surface area (Å²) in [6.07, 6.45) is 0. The van der Waals surface area contributed by atoms with Gasteiger partial charge in [-0.25, -0.2) is 0 Å². The number of azide groups is 1. The highest BCUT2D eigenvalue weighted by Crippen LogP contribution is 2.35. The van der Waals surface area contributed by atoms with Crippen molar-refractivity contribution in [2.45, 2.75) is 6.04 Å². The summed E-state index contributed by atoms with van der Waals surface area (Å²) in [4.78, 5) is 2.66. The van der Waals surface area contributed by atoms with Gasteiger partial charge in [0.2, 0.25) is 0 Å². The number of nitrogens with zero attached hydrogens (tertiary/aromatic N) is 4. The molecular weight excluding hydrogens is 326 g/mol. The number of nitriles is 1. The molecule has 0 radical (unpaired) electrons. The van der Waals surface area contributed by atoms with Crippen molar-refractivity contribution in [1.82, 2.24) is 5.32 Å². The fourth-order valence-corrected chi connectivity index (χ4v) is 2.17. The Morgan fingerprint density at radius 1 is 1.45 bits per heavy atom. The van der Waals surface area contributed by atoms with E-state index in [0.29, 0.717) is 18.0 Å². The molecule has 0 saturated heterocycles. The van der Waals surface area contributed by atoms with Gasteiger partial charge in [-0.3, -0.25) is 5.32 Å². The number of hydrogen-bond acceptors (Lipinski definition) is 5. The fraction of sp³-hybridized carbons (Fsp3) is 0.417. The first-order valence-electron chi connectivity index (χ1n) is 5.73. The third kappa shape index (κ3) is 4.03. The van der Waals surface area contributed by atoms with Crippen molar-refractivity contribution in [2.75, 3.05) is 27.3 Å². The SMILES string of the molecule is COc1cc(Br)c(C(C#N)NCCN=[N+]=[N-])cc1OC. The Morgan fingerprint density at radius 2 is 2.10 bits per heavy atom. The van der Waals surface area contributed by atoms with E-state index in [-0.39, 0.29) is 6.54 Å². The standard InChI is InChI=1S/C12H14BrN5O2/c1-19-11-5-8(9(13)6-12(11)20-2)10(7-14)16-3-4-17-18-15/h5-6,10,16H,3-4H2,1-2H3. The molecule has 0 bridgehead atoms. The quantitative estimate of drug-likeness (QED) is 0.357. The first kappa shape index (κ1) is 16.1. The maximum Gasteiger partial charge on any atom is 0.161 e. The van der Waals surface area contributed by atoms with E-state index in [1.165, 1.54) is 7.11 Å². The van der Waals surface area contributed by atoms with Gasteiger partial charge in [-0.2, -0.15) is 5.26 Å². The van der Waals surface area contributed by atoms with Crippen LogP contribution in [-0.2, 0) is 0 Å². The normalized spacial score (nSPS) is 11.1. The molecule has 0 heterocycles. The number of benzene rings is 1. The monoisotopic (exact) mass is 339 g/mol. The first-order valence-corrected chi connectivity index (χ1v) is 6.52. The second-order valence-corrected chi connectivity index (χ2v) is 4.55. The Bertz CT molecular complexity index is 552. The first-order chi connectivity index (χ1) is 9.67. The molecule has 1 aromatic rings. The minimum absolute atomic E-state index is 0.277. The Kier molecular flexibility index (Phi) is 6.67. The molecule has 0 aromatic heterocycles. The van der Waals surface area contributed by atoms with Crippen LogP contribution in [0.2, 0.25) is 0 Å². The van der Waals surface area contributed by atoms with Crippen LogP contribution < -0.4 is 14.8 Å². The molecule has 0 aliphatic carbocycles. The highest BCUT2D eigenvalue weighted by atomic mass is 79.9. The van der Waals surface area contributed by atoms with Crippen LogP contribution in [0, 0.1) is 11.3 Å². The maximum absolute atomic E-state index is 9.24. The molecule has 1 aromatic carbocycles. The topological polar surface area (TPSA) is 103 Å². The zero-order valence-corrected chi connectivity index (χ0v) is 12.7. The molecule has 8 heteroatoms. The molecule has 0 aliphatic heterocycles. The summed E-state index contributed by atoms with van der Waals surface area (Å²) in [5.74, 6) is 1.12. The average molecular weight is 340 g/mol. The third-order valence-electron chi connectivity index (χ3n) is 2.57. The van der Waals surface area contributed by atoms with Crippen molar-refractivity contribution >= 4 is 15.9 Å². The van der Waals surface area contributed by atoms with Crippen LogP contribution in [0.15, 0.2) is 21.7 Å². The lowest BCUT2D eigenvalue weighted by Gasteiger charge is -2.16. The van der Waals surface area contributed by atoms with Crippen molar-refractivity contribution in [3.63, 3.8) is 0 Å². The molecule has 1 atom stereocenters. The van der Waals surface area contributed by atoms with Crippen molar-refractivity contribution in [1.29, 1.82) is 5.26 Å². The lowest BCUT2D eigenvalue weighted by atomic mass is 10.1. The summed E-state index contributed by atoms with van der Waals surface area (Å²) in [5.41, 5.74) is 8.93. The highest BCUT2D eigenvalue weighted by molar-refractivity contribution is 9.10. The largest absolute Gasteiger partial charge is 0.493 e. The predicted octanol–water partition coefficient (Wildman–Crippen LogP) is 2.93. The van der Waals surface area contributed by atoms with E-state index in [0.717, 1.165) is 10.0 Å². The molecule has 106 valence electrons. The molecule has 0 spiro atoms. The van der Waals surface area contributed by atoms with E-state index in [4.69, 9.17) is 15.0 Å². The van der Waals surface area contributed by atoms with Gasteiger partial charge in [0.25, 0.3) is 0 Å². The van der Waals surface area contributed by atoms with Crippen LogP contribution >= 0.6 is 15.9 Å². The Hall–Kier alpha value is -1.94. The van der Waals surface area contributed by atoms with E-state index in [1.54, 1.807) is 19.2 Å². The minimum atomic E-state index is -0.543. The number of nitrogens with one attached hydrogen (secondary N) is 1. The number of hydrogen-bond donors (Lipinski definition) is 1. The van der Waals surface area contributed by atoms with Crippen LogP contribution in [0.25, 0.3) is 10.4 Å². The van der Waals surface area contributed by atoms with Gasteiger partial charge in [-0.15, -0.1) is 0 Å². The van der Waals surface area contributed by atoms with Gasteiger partial charge in [-0.05, 0) is 17.7 Å². The van der Waals surface area contributed by atoms with Gasteiger partial charge in [0, 0.05) is 28.0 Å². The van der Waals surface area contributed by atoms with E-state index in [9.17, 15) is 5.26 Å². The van der Waals surface area contributed by atoms with Crippen LogP contribution in [0.1, 0.15) is 11.6 Å². The summed E-state index contributed by atoms with van der Waals surface area (Å²) in [7, 11) is 3.08. The molecule has 0 amide bonds. The second kappa shape index (κ2) is 8.27. The van der Waals surface area contributed by atoms with Crippen LogP contribution in [0.3, 0.4) is 0 Å². The molecule has 20 heavy (non-hydrogen) atoms. The fourth-order valence-electron chi connectivity index (χ4n) is 1.62. The molecule has 0 fully saturated rings. The molecule has 1 unspecified atom stereocenters. The zero-order valence-electron chi connectivity index (χ0n) is 11.1. The molecule has 0 saturated carbocycles. The van der Waals surface area contributed by atoms with Gasteiger partial charge in [0.05, 0.1) is 20.3 Å². The number of methoxy groups -OCH3 is 2. The third-order valence-corrected chi connectivity index (χ3v) is 3.25. The Labute approximate surface area is 125 Å². The summed E-state index contributed by atoms with van der Waals surface area (Å²) < 4.78 is 11.1. The second-order valence-electron chi connectivity index (χ2n) is 3.70. The highest BCUT2D eigenvalue weighted by Gasteiger charge is 2.17. The Morgan fingerprint density at radius 3 is 2.65 bits per heavy atom. The van der Waals surface area contributed by atoms with Crippen molar-refractivity contribution in [3.05, 3.63) is 32.6 Å². The Balaban J connectivity index is 2.97. The molecular formula is C12H14BrN5O2. The molecule has 0 aliphatic rings. The molecule has 1 N–H and O–H groups in total. The number of halogens is 1. The maximum atomic E-state index is 9.24. The summed E-state index contributed by atoms with van der Waals surface area (Å²) >= 11 is 3.41. The van der Waals surface area contributed by atoms with Crippen LogP contribution in [0.5, 0.6) is 11.5 Å². The number of rotatable bonds is 7. The van der Waals surface area contributed by atoms with Gasteiger partial charge < -0.3 is 9.47 Å². The summed E-state index contributed by atoms with van der Waals surface area (Å²) in [6.45, 7) is 0.683. The van der Waals surface area contributed by atoms with Crippen LogP contribution in [0.4, 0.5) is 0 Å². The van der Waals surface area contributed by atoms with Crippen LogP contribution in [-0.4, -0.2) is 27.3 Å². The summed E-state index contributed by atoms with van der Waals surface area (Å²) in [6, 6.07) is 5.09. The van der Waals surface area contributed by atoms with Crippen molar-refractivity contribution < 1.29 is 9.47 Å². The smallest absolute Gasteiger partial charge is 0.161 e. The van der Waals surface area contributed by atoms with Gasteiger partial charge in [0.1, 0.15) is 6.04 Å². The van der Waals surface area contributed by atoms with Crippen molar-refractivity contribution in [3.8, 4) is 17.6 Å². The summed E-state index contributed by atoms with van der Waals surface area (Å²) in [5, 5.41) is 15.6. The zero-order chi connectivity index (χ0) is 15.0. The van der Waals surface area contributed by atoms with Gasteiger partial charge >= 0.3 is 0 Å². The van der Waals surface area contributed by atoms with Gasteiger partial charge in [0.15, 0.2) is 11.5 Å². The molecule has 7 nitrogen and oxygen atoms in total. The number of ether oxygens (including phenoxy) is 2. The average Bonchev–Trinajstić information content (AvgIpc) is 2.47. The van der Waals surface area contributed by atoms with E-state index < -0.39 is 6.04 Å². The predicted molar refractivity (Wildman–Crippen MR) is 77.6 cm³/mol. The van der Waals surface area contributed by atoms with E-state index in [2.05, 4.69) is 37.3 Å².